The van der Waals surface area contributed by atoms with Gasteiger partial charge in [-0.2, -0.15) is 4.72 Å². The molecule has 196 valence electrons. The molecular weight excluding hydrogens is 589 g/mol. The largest absolute Gasteiger partial charge is 0.321 e. The Balaban J connectivity index is 0.000000408. The van der Waals surface area contributed by atoms with E-state index >= 15 is 0 Å². The van der Waals surface area contributed by atoms with Gasteiger partial charge in [0.15, 0.2) is 5.00 Å². The van der Waals surface area contributed by atoms with Crippen molar-refractivity contribution in [1.29, 1.82) is 0 Å². The number of benzene rings is 4. The van der Waals surface area contributed by atoms with Gasteiger partial charge in [0.05, 0.1) is 10.9 Å². The predicted molar refractivity (Wildman–Crippen MR) is 149 cm³/mol. The molecule has 7 heteroatoms. The van der Waals surface area contributed by atoms with E-state index in [9.17, 15) is 8.42 Å². The molecule has 0 unspecified atom stereocenters. The maximum atomic E-state index is 13.0. The van der Waals surface area contributed by atoms with Crippen molar-refractivity contribution in [2.24, 2.45) is 5.73 Å². The molecule has 0 saturated heterocycles. The van der Waals surface area contributed by atoms with Crippen LogP contribution in [0.3, 0.4) is 0 Å². The van der Waals surface area contributed by atoms with Crippen LogP contribution in [-0.2, 0) is 34.5 Å². The van der Waals surface area contributed by atoms with Crippen LogP contribution in [-0.4, -0.2) is 8.42 Å². The molecule has 0 spiro atoms. The second kappa shape index (κ2) is 13.5. The Morgan fingerprint density at radius 3 is 1.59 bits per heavy atom. The Labute approximate surface area is 239 Å². The molecule has 3 N–H and O–H groups in total. The number of sulfonamides is 1. The van der Waals surface area contributed by atoms with Gasteiger partial charge in [-0.05, 0) is 51.0 Å². The van der Waals surface area contributed by atoms with Crippen molar-refractivity contribution in [3.8, 4) is 0 Å². The van der Waals surface area contributed by atoms with Crippen LogP contribution >= 0.6 is 11.6 Å². The molecule has 37 heavy (non-hydrogen) atoms. The molecule has 0 aliphatic carbocycles. The van der Waals surface area contributed by atoms with Crippen LogP contribution in [0.15, 0.2) is 108 Å². The fourth-order valence-corrected chi connectivity index (χ4v) is 5.85. The van der Waals surface area contributed by atoms with E-state index in [1.807, 2.05) is 43.3 Å². The number of nitrogens with one attached hydrogen (secondary N) is 1. The van der Waals surface area contributed by atoms with E-state index in [-0.39, 0.29) is 24.4 Å². The summed E-state index contributed by atoms with van der Waals surface area (Å²) < 4.78 is 28.7. The summed E-state index contributed by atoms with van der Waals surface area (Å²) in [4.78, 5) is -1.42. The molecule has 4 aromatic carbocycles. The van der Waals surface area contributed by atoms with E-state index in [0.717, 1.165) is 11.1 Å². The molecular formula is C30H33ClN2O2RuS. The fraction of sp³-hybridized carbons (Fsp3) is 0.200. The van der Waals surface area contributed by atoms with Gasteiger partial charge in [0.25, 0.3) is 0 Å². The molecule has 4 rings (SSSR count). The van der Waals surface area contributed by atoms with Crippen molar-refractivity contribution < 1.29 is 27.9 Å². The second-order valence-electron chi connectivity index (χ2n) is 9.05. The minimum absolute atomic E-state index is 0. The number of halogens is 1. The average molecular weight is 622 g/mol. The number of nitrogens with two attached hydrogens (primary N) is 1. The number of hydrogen-bond acceptors (Lipinski definition) is 3. The van der Waals surface area contributed by atoms with Crippen molar-refractivity contribution >= 4 is 21.6 Å². The molecule has 2 atom stereocenters. The van der Waals surface area contributed by atoms with Gasteiger partial charge in [-0.25, -0.2) is 8.42 Å². The minimum Gasteiger partial charge on any atom is -0.321 e. The molecule has 4 nitrogen and oxygen atoms in total. The summed E-state index contributed by atoms with van der Waals surface area (Å²) in [6, 6.07) is 30.5. The van der Waals surface area contributed by atoms with Crippen LogP contribution in [0.25, 0.3) is 0 Å². The van der Waals surface area contributed by atoms with Crippen molar-refractivity contribution in [2.45, 2.75) is 43.6 Å². The summed E-state index contributed by atoms with van der Waals surface area (Å²) in [7, 11) is -3.90. The first kappa shape index (κ1) is 30.9. The maximum Gasteiger partial charge on any atom is 0.242 e. The van der Waals surface area contributed by atoms with Gasteiger partial charge < -0.3 is 5.73 Å². The van der Waals surface area contributed by atoms with E-state index in [4.69, 9.17) is 17.3 Å². The fourth-order valence-electron chi connectivity index (χ4n) is 4.05. The third kappa shape index (κ3) is 8.33. The van der Waals surface area contributed by atoms with E-state index in [1.54, 1.807) is 48.5 Å². The van der Waals surface area contributed by atoms with Gasteiger partial charge in [-0.15, -0.1) is 0 Å². The Hall–Kier alpha value is -2.34. The van der Waals surface area contributed by atoms with Gasteiger partial charge in [-0.3, -0.25) is 0 Å². The van der Waals surface area contributed by atoms with E-state index in [0.29, 0.717) is 5.56 Å². The van der Waals surface area contributed by atoms with Crippen LogP contribution in [0.5, 0.6) is 0 Å². The normalized spacial score (nSPS) is 13.4. The number of alkyl halides is 1. The zero-order valence-electron chi connectivity index (χ0n) is 21.4. The quantitative estimate of drug-likeness (QED) is 0.143. The molecule has 0 amide bonds. The van der Waals surface area contributed by atoms with E-state index in [1.165, 1.54) is 16.7 Å². The summed E-state index contributed by atoms with van der Waals surface area (Å²) in [6.45, 7) is 8.27. The third-order valence-electron chi connectivity index (χ3n) is 5.76. The maximum absolute atomic E-state index is 13.0. The van der Waals surface area contributed by atoms with E-state index < -0.39 is 21.1 Å². The third-order valence-corrected chi connectivity index (χ3v) is 7.90. The topological polar surface area (TPSA) is 72.2 Å². The van der Waals surface area contributed by atoms with Crippen molar-refractivity contribution in [1.82, 2.24) is 4.72 Å². The summed E-state index contributed by atoms with van der Waals surface area (Å²) in [6.07, 6.45) is 0. The molecule has 0 bridgehead atoms. The zero-order valence-corrected chi connectivity index (χ0v) is 24.7. The summed E-state index contributed by atoms with van der Waals surface area (Å²) in [5.41, 5.74) is 12.8. The first-order chi connectivity index (χ1) is 17.0. The molecule has 0 heterocycles. The zero-order chi connectivity index (χ0) is 26.3. The molecule has 4 aromatic rings. The molecule has 0 saturated carbocycles. The second-order valence-corrected chi connectivity index (χ2v) is 11.3. The number of hydrogen-bond donors (Lipinski definition) is 2. The van der Waals surface area contributed by atoms with Crippen molar-refractivity contribution in [2.75, 3.05) is 0 Å². The first-order valence-electron chi connectivity index (χ1n) is 11.7. The Morgan fingerprint density at radius 2 is 1.14 bits per heavy atom. The van der Waals surface area contributed by atoms with Gasteiger partial charge in [-0.1, -0.05) is 125 Å². The van der Waals surface area contributed by atoms with Crippen LogP contribution in [0, 0.1) is 27.7 Å². The summed E-state index contributed by atoms with van der Waals surface area (Å²) in [5.74, 6) is 0. The van der Waals surface area contributed by atoms with Gasteiger partial charge >= 0.3 is 0 Å². The van der Waals surface area contributed by atoms with Crippen LogP contribution < -0.4 is 10.5 Å². The monoisotopic (exact) mass is 622 g/mol. The standard InChI is InChI=1S/C21H21ClN2O2S.C9H12.Ru/c1-16-12-14-19(15-13-16)27(25,26)24-21(22,18-10-6-3-7-11-18)20(23)17-8-4-2-5-9-17;1-7-4-8(2)6-9(3)5-7;/h2-15,20,24H,23H2,1H3;4-6H,1-3H3;/t20-,21-;;/m1../s1. The molecule has 0 aromatic heterocycles. The molecule has 0 aliphatic rings. The number of rotatable bonds is 6. The summed E-state index contributed by atoms with van der Waals surface area (Å²) in [5, 5.41) is 0. The number of aryl methyl sites for hydroxylation is 4. The Morgan fingerprint density at radius 1 is 0.703 bits per heavy atom. The van der Waals surface area contributed by atoms with Crippen molar-refractivity contribution in [3.63, 3.8) is 0 Å². The summed E-state index contributed by atoms with van der Waals surface area (Å²) >= 11 is 6.90. The smallest absolute Gasteiger partial charge is 0.242 e. The first-order valence-corrected chi connectivity index (χ1v) is 13.6. The van der Waals surface area contributed by atoms with Crippen molar-refractivity contribution in [3.05, 3.63) is 137 Å². The van der Waals surface area contributed by atoms with Gasteiger partial charge in [0.1, 0.15) is 0 Å². The Kier molecular flexibility index (Phi) is 11.2. The van der Waals surface area contributed by atoms with E-state index in [2.05, 4.69) is 43.7 Å². The SMILES string of the molecule is Cc1cc(C)cc(C)c1.Cc1ccc(S(=O)(=O)N[C@](Cl)(c2ccccc2)[C@H](N)c2ccccc2)cc1.[Ru]. The molecule has 0 radical (unpaired) electrons. The van der Waals surface area contributed by atoms with Gasteiger partial charge in [0.2, 0.25) is 10.0 Å². The van der Waals surface area contributed by atoms with Gasteiger partial charge in [0, 0.05) is 19.5 Å². The average Bonchev–Trinajstić information content (AvgIpc) is 2.84. The van der Waals surface area contributed by atoms with Crippen LogP contribution in [0.2, 0.25) is 0 Å². The minimum atomic E-state index is -3.90. The molecule has 0 fully saturated rings. The van der Waals surface area contributed by atoms with Crippen LogP contribution in [0.4, 0.5) is 0 Å². The Bertz CT molecular complexity index is 1330. The predicted octanol–water partition coefficient (Wildman–Crippen LogP) is 6.67. The van der Waals surface area contributed by atoms with Crippen LogP contribution in [0.1, 0.15) is 39.4 Å². The molecule has 0 aliphatic heterocycles.